The number of hydrogen-bond donors (Lipinski definition) is 1. The summed E-state index contributed by atoms with van der Waals surface area (Å²) in [6.07, 6.45) is 3.46. The van der Waals surface area contributed by atoms with Crippen molar-refractivity contribution in [3.8, 4) is 0 Å². The Kier molecular flexibility index (Phi) is 1.99. The van der Waals surface area contributed by atoms with E-state index in [4.69, 9.17) is 5.21 Å². The number of rotatable bonds is 1. The second kappa shape index (κ2) is 2.72. The van der Waals surface area contributed by atoms with Gasteiger partial charge in [0.05, 0.1) is 5.71 Å². The average molecular weight is 246 g/mol. The molecule has 2 fully saturated rings. The van der Waals surface area contributed by atoms with E-state index in [-0.39, 0.29) is 5.41 Å². The Morgan fingerprint density at radius 1 is 1.62 bits per heavy atom. The molecule has 0 spiro atoms. The average Bonchev–Trinajstić information content (AvgIpc) is 2.51. The van der Waals surface area contributed by atoms with Crippen molar-refractivity contribution >= 4 is 21.6 Å². The van der Waals surface area contributed by atoms with Crippen molar-refractivity contribution in [3.63, 3.8) is 0 Å². The van der Waals surface area contributed by atoms with E-state index in [1.807, 2.05) is 0 Å². The second-order valence-electron chi connectivity index (χ2n) is 4.87. The zero-order chi connectivity index (χ0) is 9.69. The van der Waals surface area contributed by atoms with E-state index >= 15 is 0 Å². The highest BCUT2D eigenvalue weighted by Gasteiger charge is 2.62. The predicted molar refractivity (Wildman–Crippen MR) is 56.6 cm³/mol. The lowest BCUT2D eigenvalue weighted by atomic mass is 9.70. The minimum absolute atomic E-state index is 0.135. The Hall–Kier alpha value is -0.0500. The van der Waals surface area contributed by atoms with Gasteiger partial charge < -0.3 is 5.21 Å². The van der Waals surface area contributed by atoms with E-state index in [0.29, 0.717) is 11.3 Å². The van der Waals surface area contributed by atoms with Crippen molar-refractivity contribution < 1.29 is 5.21 Å². The normalized spacial score (nSPS) is 51.9. The molecule has 0 aromatic heterocycles. The van der Waals surface area contributed by atoms with Crippen LogP contribution in [-0.2, 0) is 0 Å². The van der Waals surface area contributed by atoms with Crippen LogP contribution < -0.4 is 0 Å². The molecule has 0 unspecified atom stereocenters. The molecule has 0 amide bonds. The molecule has 3 heteroatoms. The Balaban J connectivity index is 2.45. The Bertz CT molecular complexity index is 266. The first-order valence-corrected chi connectivity index (χ1v) is 5.98. The molecule has 13 heavy (non-hydrogen) atoms. The molecule has 0 aliphatic heterocycles. The zero-order valence-corrected chi connectivity index (χ0v) is 9.76. The topological polar surface area (TPSA) is 32.6 Å². The summed E-state index contributed by atoms with van der Waals surface area (Å²) >= 11 is 3.61. The molecule has 74 valence electrons. The van der Waals surface area contributed by atoms with Crippen molar-refractivity contribution in [2.24, 2.45) is 21.9 Å². The molecule has 2 rings (SSSR count). The third-order valence-electron chi connectivity index (χ3n) is 4.63. The van der Waals surface area contributed by atoms with E-state index in [1.54, 1.807) is 0 Å². The van der Waals surface area contributed by atoms with Crippen LogP contribution in [0.5, 0.6) is 0 Å². The second-order valence-corrected chi connectivity index (χ2v) is 5.43. The first-order valence-electron chi connectivity index (χ1n) is 4.86. The maximum Gasteiger partial charge on any atom is 0.0638 e. The number of halogens is 1. The minimum atomic E-state index is 0.135. The van der Waals surface area contributed by atoms with Gasteiger partial charge in [-0.2, -0.15) is 0 Å². The van der Waals surface area contributed by atoms with Gasteiger partial charge >= 0.3 is 0 Å². The van der Waals surface area contributed by atoms with Crippen molar-refractivity contribution in [2.75, 3.05) is 5.33 Å². The summed E-state index contributed by atoms with van der Waals surface area (Å²) in [4.78, 5) is 0. The summed E-state index contributed by atoms with van der Waals surface area (Å²) in [6, 6.07) is 0. The van der Waals surface area contributed by atoms with Crippen molar-refractivity contribution in [1.29, 1.82) is 0 Å². The van der Waals surface area contributed by atoms with Crippen LogP contribution in [0.3, 0.4) is 0 Å². The maximum atomic E-state index is 8.95. The highest BCUT2D eigenvalue weighted by molar-refractivity contribution is 9.09. The number of oxime groups is 1. The summed E-state index contributed by atoms with van der Waals surface area (Å²) < 4.78 is 0. The lowest BCUT2D eigenvalue weighted by Crippen LogP contribution is -2.36. The molecule has 2 saturated carbocycles. The van der Waals surface area contributed by atoms with Gasteiger partial charge in [-0.25, -0.2) is 0 Å². The van der Waals surface area contributed by atoms with Crippen molar-refractivity contribution in [2.45, 2.75) is 33.1 Å². The van der Waals surface area contributed by atoms with Crippen LogP contribution in [0.2, 0.25) is 0 Å². The first-order chi connectivity index (χ1) is 6.08. The third-order valence-corrected chi connectivity index (χ3v) is 5.79. The molecule has 0 aromatic rings. The quantitative estimate of drug-likeness (QED) is 0.430. The molecule has 2 aliphatic rings. The number of alkyl halides is 1. The molecule has 0 aromatic carbocycles. The Labute approximate surface area is 87.5 Å². The molecule has 2 aliphatic carbocycles. The predicted octanol–water partition coefficient (Wildman–Crippen LogP) is 3.04. The molecular formula is C10H16BrNO. The molecule has 2 nitrogen and oxygen atoms in total. The molecular weight excluding hydrogens is 230 g/mol. The van der Waals surface area contributed by atoms with Gasteiger partial charge in [-0.1, -0.05) is 34.9 Å². The fourth-order valence-corrected chi connectivity index (χ4v) is 4.26. The Morgan fingerprint density at radius 2 is 2.31 bits per heavy atom. The van der Waals surface area contributed by atoms with E-state index in [1.165, 1.54) is 12.8 Å². The number of hydrogen-bond acceptors (Lipinski definition) is 2. The van der Waals surface area contributed by atoms with Crippen molar-refractivity contribution in [3.05, 3.63) is 0 Å². The summed E-state index contributed by atoms with van der Waals surface area (Å²) in [5, 5.41) is 13.4. The van der Waals surface area contributed by atoms with Gasteiger partial charge in [0.15, 0.2) is 0 Å². The van der Waals surface area contributed by atoms with Crippen LogP contribution in [0.25, 0.3) is 0 Å². The van der Waals surface area contributed by atoms with Crippen LogP contribution in [0.4, 0.5) is 0 Å². The highest BCUT2D eigenvalue weighted by Crippen LogP contribution is 2.64. The fraction of sp³-hybridized carbons (Fsp3) is 0.900. The van der Waals surface area contributed by atoms with E-state index in [9.17, 15) is 0 Å². The van der Waals surface area contributed by atoms with Gasteiger partial charge in [0.2, 0.25) is 0 Å². The van der Waals surface area contributed by atoms with E-state index in [2.05, 4.69) is 34.9 Å². The van der Waals surface area contributed by atoms with Crippen LogP contribution in [0.15, 0.2) is 5.16 Å². The minimum Gasteiger partial charge on any atom is -0.411 e. The number of fused-ring (bicyclic) bond motifs is 2. The zero-order valence-electron chi connectivity index (χ0n) is 8.18. The van der Waals surface area contributed by atoms with Crippen LogP contribution in [-0.4, -0.2) is 16.2 Å². The molecule has 2 bridgehead atoms. The van der Waals surface area contributed by atoms with Gasteiger partial charge in [-0.3, -0.25) is 0 Å². The molecule has 0 radical (unpaired) electrons. The van der Waals surface area contributed by atoms with E-state index in [0.717, 1.165) is 17.5 Å². The van der Waals surface area contributed by atoms with Gasteiger partial charge in [0.25, 0.3) is 0 Å². The largest absolute Gasteiger partial charge is 0.411 e. The Morgan fingerprint density at radius 3 is 2.69 bits per heavy atom. The third kappa shape index (κ3) is 0.915. The summed E-state index contributed by atoms with van der Waals surface area (Å²) in [5.74, 6) is 0.711. The standard InChI is InChI=1S/C10H16BrNO/c1-9-4-3-7(5-8(9)12-13)10(9,2)6-11/h7,13H,3-6H2,1-2H3/t7-,9+,10+/m0/s1. The van der Waals surface area contributed by atoms with Gasteiger partial charge in [0.1, 0.15) is 0 Å². The smallest absolute Gasteiger partial charge is 0.0638 e. The van der Waals surface area contributed by atoms with Crippen molar-refractivity contribution in [1.82, 2.24) is 0 Å². The highest BCUT2D eigenvalue weighted by atomic mass is 79.9. The molecule has 1 N–H and O–H groups in total. The van der Waals surface area contributed by atoms with Gasteiger partial charge in [-0.15, -0.1) is 0 Å². The summed E-state index contributed by atoms with van der Waals surface area (Å²) in [6.45, 7) is 4.56. The lowest BCUT2D eigenvalue weighted by molar-refractivity contribution is 0.199. The first kappa shape index (κ1) is 9.50. The van der Waals surface area contributed by atoms with Crippen LogP contribution >= 0.6 is 15.9 Å². The molecule has 3 atom stereocenters. The number of nitrogens with zero attached hydrogens (tertiary/aromatic N) is 1. The fourth-order valence-electron chi connectivity index (χ4n) is 3.19. The summed E-state index contributed by atoms with van der Waals surface area (Å²) in [7, 11) is 0. The molecule has 0 saturated heterocycles. The van der Waals surface area contributed by atoms with E-state index < -0.39 is 0 Å². The van der Waals surface area contributed by atoms with Crippen LogP contribution in [0.1, 0.15) is 33.1 Å². The monoisotopic (exact) mass is 245 g/mol. The SMILES string of the molecule is C[C@@]12CC[C@@H](CC1=NO)[C@@]2(C)CBr. The maximum absolute atomic E-state index is 8.95. The van der Waals surface area contributed by atoms with Crippen LogP contribution in [0, 0.1) is 16.7 Å². The summed E-state index contributed by atoms with van der Waals surface area (Å²) in [5.41, 5.74) is 1.45. The molecule has 0 heterocycles. The lowest BCUT2D eigenvalue weighted by Gasteiger charge is -2.36. The van der Waals surface area contributed by atoms with Gasteiger partial charge in [-0.05, 0) is 30.6 Å². The van der Waals surface area contributed by atoms with Gasteiger partial charge in [0, 0.05) is 10.7 Å².